The molecule has 11 aromatic rings. The first-order chi connectivity index (χ1) is 26.2. The molecular formula is C50H31BrN2. The fraction of sp³-hybridized carbons (Fsp3) is 0. The van der Waals surface area contributed by atoms with Gasteiger partial charge in [0.2, 0.25) is 0 Å². The summed E-state index contributed by atoms with van der Waals surface area (Å²) >= 11 is 3.89. The van der Waals surface area contributed by atoms with Crippen molar-refractivity contribution >= 4 is 81.1 Å². The van der Waals surface area contributed by atoms with Gasteiger partial charge >= 0.3 is 0 Å². The molecule has 53 heavy (non-hydrogen) atoms. The largest absolute Gasteiger partial charge is 0.309 e. The SMILES string of the molecule is Brc1cc(-c2ccc3c(c2)c2ccccc2n3-c2ccc3ccccc3c2)cc(-c2ccc3c(c2)c2ccccc2n3-c2cccc3ccccc23)c1. The number of nitrogens with zero attached hydrogens (tertiary/aromatic N) is 2. The number of hydrogen-bond acceptors (Lipinski definition) is 0. The van der Waals surface area contributed by atoms with E-state index in [1.807, 2.05) is 0 Å². The number of benzene rings is 9. The molecule has 3 heteroatoms. The van der Waals surface area contributed by atoms with Gasteiger partial charge in [0.15, 0.2) is 0 Å². The maximum atomic E-state index is 3.89. The predicted octanol–water partition coefficient (Wildman–Crippen LogP) is 14.3. The molecule has 11 rings (SSSR count). The Morgan fingerprint density at radius 3 is 1.53 bits per heavy atom. The summed E-state index contributed by atoms with van der Waals surface area (Å²) in [5.41, 5.74) is 11.9. The number of fused-ring (bicyclic) bond motifs is 8. The third kappa shape index (κ3) is 4.78. The molecule has 0 radical (unpaired) electrons. The average Bonchev–Trinajstić information content (AvgIpc) is 3.72. The van der Waals surface area contributed by atoms with Gasteiger partial charge in [-0.1, -0.05) is 131 Å². The molecule has 0 atom stereocenters. The topological polar surface area (TPSA) is 9.86 Å². The van der Waals surface area contributed by atoms with E-state index in [0.717, 1.165) is 4.47 Å². The summed E-state index contributed by atoms with van der Waals surface area (Å²) in [4.78, 5) is 0. The minimum Gasteiger partial charge on any atom is -0.309 e. The van der Waals surface area contributed by atoms with Crippen LogP contribution in [0, 0.1) is 0 Å². The van der Waals surface area contributed by atoms with E-state index in [4.69, 9.17) is 0 Å². The van der Waals surface area contributed by atoms with Crippen molar-refractivity contribution in [3.8, 4) is 33.6 Å². The van der Waals surface area contributed by atoms with Gasteiger partial charge in [0.25, 0.3) is 0 Å². The zero-order valence-corrected chi connectivity index (χ0v) is 30.3. The van der Waals surface area contributed by atoms with Crippen molar-refractivity contribution < 1.29 is 0 Å². The third-order valence-corrected chi connectivity index (χ3v) is 11.4. The molecule has 2 aromatic heterocycles. The Labute approximate surface area is 314 Å². The monoisotopic (exact) mass is 738 g/mol. The first kappa shape index (κ1) is 30.2. The molecule has 0 bridgehead atoms. The van der Waals surface area contributed by atoms with E-state index < -0.39 is 0 Å². The number of aromatic nitrogens is 2. The van der Waals surface area contributed by atoms with Gasteiger partial charge in [0.05, 0.1) is 27.8 Å². The normalized spacial score (nSPS) is 11.9. The van der Waals surface area contributed by atoms with Gasteiger partial charge in [-0.2, -0.15) is 0 Å². The Balaban J connectivity index is 1.06. The summed E-state index contributed by atoms with van der Waals surface area (Å²) in [5, 5.41) is 9.97. The summed E-state index contributed by atoms with van der Waals surface area (Å²) < 4.78 is 5.88. The van der Waals surface area contributed by atoms with E-state index in [0.29, 0.717) is 0 Å². The van der Waals surface area contributed by atoms with Crippen LogP contribution in [0.25, 0.3) is 98.8 Å². The Morgan fingerprint density at radius 1 is 0.302 bits per heavy atom. The van der Waals surface area contributed by atoms with Gasteiger partial charge in [-0.25, -0.2) is 0 Å². The van der Waals surface area contributed by atoms with Crippen molar-refractivity contribution in [2.75, 3.05) is 0 Å². The van der Waals surface area contributed by atoms with E-state index in [2.05, 4.69) is 213 Å². The van der Waals surface area contributed by atoms with Crippen LogP contribution in [0.5, 0.6) is 0 Å². The van der Waals surface area contributed by atoms with E-state index in [1.54, 1.807) is 0 Å². The number of rotatable bonds is 4. The summed E-state index contributed by atoms with van der Waals surface area (Å²) in [6.45, 7) is 0. The second-order valence-electron chi connectivity index (χ2n) is 13.9. The van der Waals surface area contributed by atoms with Crippen molar-refractivity contribution in [3.05, 3.63) is 193 Å². The molecule has 0 amide bonds. The zero-order valence-electron chi connectivity index (χ0n) is 28.7. The maximum Gasteiger partial charge on any atom is 0.0541 e. The maximum absolute atomic E-state index is 3.89. The molecule has 2 nitrogen and oxygen atoms in total. The van der Waals surface area contributed by atoms with Crippen LogP contribution in [0.3, 0.4) is 0 Å². The highest BCUT2D eigenvalue weighted by Gasteiger charge is 2.17. The average molecular weight is 740 g/mol. The number of hydrogen-bond donors (Lipinski definition) is 0. The molecule has 0 fully saturated rings. The van der Waals surface area contributed by atoms with Gasteiger partial charge in [-0.05, 0) is 111 Å². The third-order valence-electron chi connectivity index (χ3n) is 10.9. The molecule has 0 aliphatic carbocycles. The van der Waals surface area contributed by atoms with Crippen LogP contribution in [0.1, 0.15) is 0 Å². The molecular weight excluding hydrogens is 708 g/mol. The van der Waals surface area contributed by atoms with Crippen LogP contribution in [-0.2, 0) is 0 Å². The van der Waals surface area contributed by atoms with E-state index in [9.17, 15) is 0 Å². The molecule has 0 saturated carbocycles. The Morgan fingerprint density at radius 2 is 0.830 bits per heavy atom. The Kier molecular flexibility index (Phi) is 6.74. The van der Waals surface area contributed by atoms with Crippen molar-refractivity contribution in [1.82, 2.24) is 9.13 Å². The standard InChI is InChI=1S/C50H31BrN2/c51-39-27-37(35-21-24-49-44(30-35)42-15-5-7-17-47(42)52(49)40-23-20-32-10-1-2-12-34(32)29-40)26-38(28-39)36-22-25-50-45(31-36)43-16-6-8-18-48(43)53(50)46-19-9-13-33-11-3-4-14-41(33)46/h1-31H. The predicted molar refractivity (Wildman–Crippen MR) is 229 cm³/mol. The summed E-state index contributed by atoms with van der Waals surface area (Å²) in [6.07, 6.45) is 0. The van der Waals surface area contributed by atoms with Gasteiger partial charge < -0.3 is 9.13 Å². The molecule has 0 unspecified atom stereocenters. The Bertz CT molecular complexity index is 3250. The lowest BCUT2D eigenvalue weighted by Crippen LogP contribution is -1.95. The van der Waals surface area contributed by atoms with Gasteiger partial charge in [-0.3, -0.25) is 0 Å². The molecule has 0 aliphatic rings. The molecule has 248 valence electrons. The molecule has 0 saturated heterocycles. The second kappa shape index (κ2) is 11.8. The lowest BCUT2D eigenvalue weighted by Gasteiger charge is -2.12. The lowest BCUT2D eigenvalue weighted by molar-refractivity contribution is 1.19. The second-order valence-corrected chi connectivity index (χ2v) is 14.8. The van der Waals surface area contributed by atoms with Crippen molar-refractivity contribution in [2.45, 2.75) is 0 Å². The van der Waals surface area contributed by atoms with Crippen LogP contribution < -0.4 is 0 Å². The smallest absolute Gasteiger partial charge is 0.0541 e. The van der Waals surface area contributed by atoms with E-state index in [1.165, 1.54) is 98.8 Å². The van der Waals surface area contributed by atoms with Gasteiger partial charge in [0.1, 0.15) is 0 Å². The van der Waals surface area contributed by atoms with Crippen LogP contribution in [0.2, 0.25) is 0 Å². The highest BCUT2D eigenvalue weighted by molar-refractivity contribution is 9.10. The first-order valence-electron chi connectivity index (χ1n) is 18.0. The highest BCUT2D eigenvalue weighted by atomic mass is 79.9. The van der Waals surface area contributed by atoms with Crippen LogP contribution >= 0.6 is 15.9 Å². The fourth-order valence-electron chi connectivity index (χ4n) is 8.48. The number of halogens is 1. The first-order valence-corrected chi connectivity index (χ1v) is 18.8. The summed E-state index contributed by atoms with van der Waals surface area (Å²) in [7, 11) is 0. The highest BCUT2D eigenvalue weighted by Crippen LogP contribution is 2.40. The Hall–Kier alpha value is -6.42. The number of para-hydroxylation sites is 2. The van der Waals surface area contributed by atoms with Gasteiger partial charge in [-0.15, -0.1) is 0 Å². The molecule has 0 N–H and O–H groups in total. The van der Waals surface area contributed by atoms with E-state index >= 15 is 0 Å². The fourth-order valence-corrected chi connectivity index (χ4v) is 8.98. The molecule has 2 heterocycles. The molecule has 9 aromatic carbocycles. The summed E-state index contributed by atoms with van der Waals surface area (Å²) in [6, 6.07) is 68.7. The minimum absolute atomic E-state index is 1.06. The van der Waals surface area contributed by atoms with Crippen LogP contribution in [0.15, 0.2) is 193 Å². The van der Waals surface area contributed by atoms with Crippen molar-refractivity contribution in [1.29, 1.82) is 0 Å². The van der Waals surface area contributed by atoms with Crippen molar-refractivity contribution in [3.63, 3.8) is 0 Å². The van der Waals surface area contributed by atoms with Gasteiger partial charge in [0, 0.05) is 37.1 Å². The minimum atomic E-state index is 1.06. The van der Waals surface area contributed by atoms with E-state index in [-0.39, 0.29) is 0 Å². The van der Waals surface area contributed by atoms with Crippen LogP contribution in [-0.4, -0.2) is 9.13 Å². The zero-order chi connectivity index (χ0) is 35.0. The van der Waals surface area contributed by atoms with Crippen molar-refractivity contribution in [2.24, 2.45) is 0 Å². The molecule has 0 aliphatic heterocycles. The molecule has 0 spiro atoms. The lowest BCUT2D eigenvalue weighted by atomic mass is 9.97. The quantitative estimate of drug-likeness (QED) is 0.170. The van der Waals surface area contributed by atoms with Crippen LogP contribution in [0.4, 0.5) is 0 Å². The summed E-state index contributed by atoms with van der Waals surface area (Å²) in [5.74, 6) is 0.